The van der Waals surface area contributed by atoms with Gasteiger partial charge < -0.3 is 5.32 Å². The van der Waals surface area contributed by atoms with Gasteiger partial charge in [0.25, 0.3) is 0 Å². The predicted molar refractivity (Wildman–Crippen MR) is 84.1 cm³/mol. The molecule has 1 atom stereocenters. The topological polar surface area (TPSA) is 29.1 Å². The van der Waals surface area contributed by atoms with Crippen LogP contribution in [0.5, 0.6) is 0 Å². The number of carbonyl (C=O) groups is 1. The number of amides is 1. The molecular formula is C15H14BrNOS. The Bertz CT molecular complexity index is 578. The minimum Gasteiger partial charge on any atom is -0.346 e. The Kier molecular flexibility index (Phi) is 4.93. The van der Waals surface area contributed by atoms with E-state index in [0.717, 1.165) is 14.9 Å². The number of nitrogens with one attached hydrogen (secondary N) is 1. The quantitative estimate of drug-likeness (QED) is 0.824. The predicted octanol–water partition coefficient (Wildman–Crippen LogP) is 4.40. The average Bonchev–Trinajstić information content (AvgIpc) is 2.90. The molecule has 1 aromatic carbocycles. The highest BCUT2D eigenvalue weighted by Crippen LogP contribution is 2.22. The molecular weight excluding hydrogens is 322 g/mol. The van der Waals surface area contributed by atoms with Crippen molar-refractivity contribution in [3.63, 3.8) is 0 Å². The van der Waals surface area contributed by atoms with Crippen molar-refractivity contribution in [2.24, 2.45) is 0 Å². The van der Waals surface area contributed by atoms with Crippen LogP contribution in [-0.4, -0.2) is 5.91 Å². The van der Waals surface area contributed by atoms with E-state index in [1.807, 2.05) is 54.8 Å². The van der Waals surface area contributed by atoms with E-state index >= 15 is 0 Å². The maximum atomic E-state index is 11.8. The van der Waals surface area contributed by atoms with Crippen molar-refractivity contribution in [3.05, 3.63) is 62.8 Å². The van der Waals surface area contributed by atoms with Crippen LogP contribution in [0.15, 0.2) is 52.3 Å². The molecule has 0 bridgehead atoms. The van der Waals surface area contributed by atoms with Crippen LogP contribution in [0, 0.1) is 0 Å². The van der Waals surface area contributed by atoms with Gasteiger partial charge in [0.1, 0.15) is 0 Å². The van der Waals surface area contributed by atoms with E-state index in [1.54, 1.807) is 17.4 Å². The van der Waals surface area contributed by atoms with Gasteiger partial charge in [-0.05, 0) is 36.1 Å². The number of carbonyl (C=O) groups excluding carboxylic acids is 1. The minimum atomic E-state index is -0.0864. The lowest BCUT2D eigenvalue weighted by Gasteiger charge is -2.14. The van der Waals surface area contributed by atoms with Crippen molar-refractivity contribution < 1.29 is 4.79 Å². The van der Waals surface area contributed by atoms with E-state index in [1.165, 1.54) is 0 Å². The average molecular weight is 336 g/mol. The molecule has 4 heteroatoms. The molecule has 1 amide bonds. The van der Waals surface area contributed by atoms with Crippen molar-refractivity contribution >= 4 is 39.2 Å². The number of rotatable bonds is 4. The van der Waals surface area contributed by atoms with Gasteiger partial charge in [-0.2, -0.15) is 0 Å². The number of benzene rings is 1. The van der Waals surface area contributed by atoms with Crippen molar-refractivity contribution in [2.75, 3.05) is 0 Å². The number of halogens is 1. The molecule has 0 aliphatic carbocycles. The van der Waals surface area contributed by atoms with Gasteiger partial charge >= 0.3 is 0 Å². The van der Waals surface area contributed by atoms with Crippen LogP contribution in [0.25, 0.3) is 6.08 Å². The fourth-order valence-electron chi connectivity index (χ4n) is 1.71. The molecule has 19 heavy (non-hydrogen) atoms. The maximum Gasteiger partial charge on any atom is 0.244 e. The number of thiophene rings is 1. The van der Waals surface area contributed by atoms with E-state index in [-0.39, 0.29) is 11.9 Å². The molecule has 2 rings (SSSR count). The highest BCUT2D eigenvalue weighted by atomic mass is 79.9. The molecule has 1 unspecified atom stereocenters. The molecule has 0 saturated heterocycles. The normalized spacial score (nSPS) is 12.5. The van der Waals surface area contributed by atoms with Crippen LogP contribution < -0.4 is 5.32 Å². The summed E-state index contributed by atoms with van der Waals surface area (Å²) in [6, 6.07) is 11.8. The second-order valence-corrected chi connectivity index (χ2v) is 5.93. The van der Waals surface area contributed by atoms with Crippen molar-refractivity contribution in [1.82, 2.24) is 5.32 Å². The van der Waals surface area contributed by atoms with Crippen LogP contribution in [-0.2, 0) is 4.79 Å². The molecule has 2 nitrogen and oxygen atoms in total. The summed E-state index contributed by atoms with van der Waals surface area (Å²) in [4.78, 5) is 12.9. The van der Waals surface area contributed by atoms with Gasteiger partial charge in [0.15, 0.2) is 0 Å². The Morgan fingerprint density at radius 2 is 2.11 bits per heavy atom. The van der Waals surface area contributed by atoms with Gasteiger partial charge in [0, 0.05) is 15.4 Å². The molecule has 0 fully saturated rings. The maximum absolute atomic E-state index is 11.8. The first-order valence-corrected chi connectivity index (χ1v) is 7.60. The Morgan fingerprint density at radius 1 is 1.32 bits per heavy atom. The molecule has 0 radical (unpaired) electrons. The first-order chi connectivity index (χ1) is 9.16. The standard InChI is InChI=1S/C15H14BrNOS/c1-11(13-6-2-3-7-14(13)16)17-15(18)9-8-12-5-4-10-19-12/h2-11H,1H3,(H,17,18)/b9-8+. The second-order valence-electron chi connectivity index (χ2n) is 4.10. The third kappa shape index (κ3) is 4.04. The zero-order chi connectivity index (χ0) is 13.7. The van der Waals surface area contributed by atoms with Gasteiger partial charge in [0.2, 0.25) is 5.91 Å². The molecule has 1 aromatic heterocycles. The summed E-state index contributed by atoms with van der Waals surface area (Å²) < 4.78 is 1.00. The Labute approximate surface area is 125 Å². The lowest BCUT2D eigenvalue weighted by Crippen LogP contribution is -2.24. The number of hydrogen-bond donors (Lipinski definition) is 1. The zero-order valence-corrected chi connectivity index (χ0v) is 12.9. The Morgan fingerprint density at radius 3 is 2.79 bits per heavy atom. The van der Waals surface area contributed by atoms with Crippen LogP contribution >= 0.6 is 27.3 Å². The van der Waals surface area contributed by atoms with Crippen LogP contribution in [0.1, 0.15) is 23.4 Å². The second kappa shape index (κ2) is 6.68. The summed E-state index contributed by atoms with van der Waals surface area (Å²) in [5.74, 6) is -0.0864. The monoisotopic (exact) mass is 335 g/mol. The van der Waals surface area contributed by atoms with Crippen molar-refractivity contribution in [2.45, 2.75) is 13.0 Å². The van der Waals surface area contributed by atoms with Gasteiger partial charge in [-0.1, -0.05) is 40.2 Å². The van der Waals surface area contributed by atoms with Crippen LogP contribution in [0.4, 0.5) is 0 Å². The summed E-state index contributed by atoms with van der Waals surface area (Å²) in [5, 5.41) is 4.94. The summed E-state index contributed by atoms with van der Waals surface area (Å²) in [5.41, 5.74) is 1.07. The summed E-state index contributed by atoms with van der Waals surface area (Å²) in [6.07, 6.45) is 3.39. The number of hydrogen-bond acceptors (Lipinski definition) is 2. The summed E-state index contributed by atoms with van der Waals surface area (Å²) in [7, 11) is 0. The molecule has 98 valence electrons. The van der Waals surface area contributed by atoms with Crippen LogP contribution in [0.3, 0.4) is 0 Å². The minimum absolute atomic E-state index is 0.0314. The first-order valence-electron chi connectivity index (χ1n) is 5.93. The molecule has 0 spiro atoms. The lowest BCUT2D eigenvalue weighted by molar-refractivity contribution is -0.117. The van der Waals surface area contributed by atoms with Gasteiger partial charge in [-0.25, -0.2) is 0 Å². The van der Waals surface area contributed by atoms with E-state index in [0.29, 0.717) is 0 Å². The highest BCUT2D eigenvalue weighted by Gasteiger charge is 2.09. The molecule has 0 aliphatic rings. The third-order valence-corrected chi connectivity index (χ3v) is 4.23. The van der Waals surface area contributed by atoms with E-state index in [9.17, 15) is 4.79 Å². The van der Waals surface area contributed by atoms with Crippen molar-refractivity contribution in [1.29, 1.82) is 0 Å². The molecule has 0 aliphatic heterocycles. The summed E-state index contributed by atoms with van der Waals surface area (Å²) in [6.45, 7) is 1.97. The zero-order valence-electron chi connectivity index (χ0n) is 10.5. The Hall–Kier alpha value is -1.39. The fourth-order valence-corrected chi connectivity index (χ4v) is 2.96. The van der Waals surface area contributed by atoms with Crippen molar-refractivity contribution in [3.8, 4) is 0 Å². The fraction of sp³-hybridized carbons (Fsp3) is 0.133. The molecule has 1 N–H and O–H groups in total. The molecule has 1 heterocycles. The summed E-state index contributed by atoms with van der Waals surface area (Å²) >= 11 is 5.10. The smallest absolute Gasteiger partial charge is 0.244 e. The van der Waals surface area contributed by atoms with E-state index in [2.05, 4.69) is 21.2 Å². The van der Waals surface area contributed by atoms with E-state index in [4.69, 9.17) is 0 Å². The largest absolute Gasteiger partial charge is 0.346 e. The van der Waals surface area contributed by atoms with Gasteiger partial charge in [-0.3, -0.25) is 4.79 Å². The highest BCUT2D eigenvalue weighted by molar-refractivity contribution is 9.10. The van der Waals surface area contributed by atoms with E-state index < -0.39 is 0 Å². The first kappa shape index (κ1) is 14.0. The van der Waals surface area contributed by atoms with Gasteiger partial charge in [-0.15, -0.1) is 11.3 Å². The third-order valence-electron chi connectivity index (χ3n) is 2.67. The molecule has 2 aromatic rings. The lowest BCUT2D eigenvalue weighted by atomic mass is 10.1. The van der Waals surface area contributed by atoms with Crippen LogP contribution in [0.2, 0.25) is 0 Å². The molecule has 0 saturated carbocycles. The van der Waals surface area contributed by atoms with Gasteiger partial charge in [0.05, 0.1) is 6.04 Å². The Balaban J connectivity index is 1.97. The SMILES string of the molecule is CC(NC(=O)/C=C/c1cccs1)c1ccccc1Br.